The van der Waals surface area contributed by atoms with Gasteiger partial charge in [-0.15, -0.1) is 0 Å². The van der Waals surface area contributed by atoms with E-state index in [4.69, 9.17) is 44.1 Å². The van der Waals surface area contributed by atoms with E-state index in [0.717, 1.165) is 0 Å². The van der Waals surface area contributed by atoms with E-state index in [-0.39, 0.29) is 5.90 Å². The molecule has 0 aliphatic carbocycles. The number of hydroxylamine groups is 1. The summed E-state index contributed by atoms with van der Waals surface area (Å²) >= 11 is 12.1. The Morgan fingerprint density at radius 1 is 0.653 bits per heavy atom. The van der Waals surface area contributed by atoms with Crippen LogP contribution in [0.15, 0.2) is 139 Å². The number of benzene rings is 5. The van der Waals surface area contributed by atoms with Crippen LogP contribution in [0.4, 0.5) is 0 Å². The maximum atomic E-state index is 13.6. The summed E-state index contributed by atoms with van der Waals surface area (Å²) in [5.41, 5.74) is 3.71. The van der Waals surface area contributed by atoms with Crippen LogP contribution in [-0.2, 0) is 9.25 Å². The van der Waals surface area contributed by atoms with Crippen LogP contribution in [-0.4, -0.2) is 48.7 Å². The number of hydrogen-bond donors (Lipinski definition) is 2. The van der Waals surface area contributed by atoms with E-state index < -0.39 is 23.2 Å². The zero-order chi connectivity index (χ0) is 35.0. The van der Waals surface area contributed by atoms with Crippen molar-refractivity contribution in [3.05, 3.63) is 160 Å². The summed E-state index contributed by atoms with van der Waals surface area (Å²) in [7, 11) is 0. The van der Waals surface area contributed by atoms with Crippen LogP contribution in [0.1, 0.15) is 36.7 Å². The van der Waals surface area contributed by atoms with Crippen molar-refractivity contribution < 1.29 is 18.9 Å². The van der Waals surface area contributed by atoms with Crippen LogP contribution in [0.3, 0.4) is 0 Å². The van der Waals surface area contributed by atoms with Crippen molar-refractivity contribution in [1.29, 1.82) is 0 Å². The fraction of sp³-hybridized carbons (Fsp3) is 0.158. The summed E-state index contributed by atoms with van der Waals surface area (Å²) < 4.78 is 22.4. The first kappa shape index (κ1) is 36.7. The molecule has 0 atom stereocenters. The SMILES string of the molecule is CC[NH+](CC)CC.O=C(N[O][Sb-]1([c]2ccc(Cl)cc2)([c]2ccc(Cl)cc2)([c]2ccc(Cl)cc2)[O]N=C(c2ccccc2)[O]1)c1ccccc1. The number of oxime groups is 1. The molecule has 7 nitrogen and oxygen atoms in total. The average molecular weight is 830 g/mol. The van der Waals surface area contributed by atoms with Gasteiger partial charge in [-0.1, -0.05) is 0 Å². The van der Waals surface area contributed by atoms with E-state index in [0.29, 0.717) is 36.7 Å². The third-order valence-electron chi connectivity index (χ3n) is 8.72. The van der Waals surface area contributed by atoms with Crippen LogP contribution < -0.4 is 20.9 Å². The molecular formula is C38H39Cl3N3O4Sb. The number of hydrogen-bond acceptors (Lipinski definition) is 5. The second kappa shape index (κ2) is 15.1. The van der Waals surface area contributed by atoms with Gasteiger partial charge in [0, 0.05) is 0 Å². The number of rotatable bonds is 10. The van der Waals surface area contributed by atoms with Gasteiger partial charge >= 0.3 is 259 Å². The summed E-state index contributed by atoms with van der Waals surface area (Å²) in [5.74, 6) is -0.350. The van der Waals surface area contributed by atoms with Gasteiger partial charge in [-0.3, -0.25) is 0 Å². The maximum absolute atomic E-state index is 13.6. The Morgan fingerprint density at radius 3 is 1.45 bits per heavy atom. The minimum absolute atomic E-state index is 0.165. The van der Waals surface area contributed by atoms with E-state index >= 15 is 0 Å². The molecule has 0 fully saturated rings. The van der Waals surface area contributed by atoms with Gasteiger partial charge in [0.15, 0.2) is 0 Å². The number of carbonyl (C=O) groups is 1. The first-order valence-corrected chi connectivity index (χ1v) is 24.1. The van der Waals surface area contributed by atoms with Gasteiger partial charge in [0.2, 0.25) is 0 Å². The van der Waals surface area contributed by atoms with Gasteiger partial charge < -0.3 is 4.90 Å². The topological polar surface area (TPSA) is 73.6 Å². The first-order valence-electron chi connectivity index (χ1n) is 16.0. The molecule has 0 bridgehead atoms. The molecule has 5 aromatic rings. The molecule has 2 N–H and O–H groups in total. The number of amides is 1. The second-order valence-electron chi connectivity index (χ2n) is 11.4. The van der Waals surface area contributed by atoms with Crippen molar-refractivity contribution >= 4 is 74.4 Å². The standard InChI is InChI=1S/C7H7NO2.C7H6NO2.3C6H4Cl.C6H15N.Sb/c2*9-7(8-10)6-4-2-1-3-5-6;3*7-6-4-2-1-3-5-6;1-4-7(5-2)6-3;/h1-5,10H,(H,8,9);1-5H,(H-,8,9,10);3*2-5H;4-6H2,1-3H3;/q;-1;;;;;+2/p-1. The molecule has 6 rings (SSSR count). The predicted octanol–water partition coefficient (Wildman–Crippen LogP) is 6.22. The van der Waals surface area contributed by atoms with E-state index in [2.05, 4.69) is 31.4 Å². The van der Waals surface area contributed by atoms with E-state index in [9.17, 15) is 4.79 Å². The van der Waals surface area contributed by atoms with Crippen LogP contribution in [0.2, 0.25) is 15.1 Å². The molecule has 1 amide bonds. The summed E-state index contributed by atoms with van der Waals surface area (Å²) in [6.07, 6.45) is 0. The third kappa shape index (κ3) is 6.69. The fourth-order valence-corrected chi connectivity index (χ4v) is 21.8. The Morgan fingerprint density at radius 2 is 1.06 bits per heavy atom. The van der Waals surface area contributed by atoms with Gasteiger partial charge in [-0.05, 0) is 20.8 Å². The molecule has 1 heterocycles. The molecule has 0 saturated heterocycles. The molecule has 49 heavy (non-hydrogen) atoms. The molecule has 0 unspecified atom stereocenters. The van der Waals surface area contributed by atoms with Crippen molar-refractivity contribution in [3.8, 4) is 0 Å². The molecule has 0 radical (unpaired) electrons. The number of carbonyl (C=O) groups excluding carboxylic acids is 1. The van der Waals surface area contributed by atoms with Crippen LogP contribution in [0, 0.1) is 0 Å². The van der Waals surface area contributed by atoms with Gasteiger partial charge in [0.25, 0.3) is 0 Å². The zero-order valence-electron chi connectivity index (χ0n) is 27.5. The Kier molecular flexibility index (Phi) is 11.3. The Balaban J connectivity index is 0.000000606. The first-order chi connectivity index (χ1) is 23.7. The van der Waals surface area contributed by atoms with Crippen LogP contribution >= 0.6 is 34.8 Å². The van der Waals surface area contributed by atoms with Crippen LogP contribution in [0.25, 0.3) is 0 Å². The van der Waals surface area contributed by atoms with E-state index in [1.54, 1.807) is 102 Å². The number of quaternary nitrogens is 1. The van der Waals surface area contributed by atoms with Gasteiger partial charge in [0.05, 0.1) is 19.6 Å². The summed E-state index contributed by atoms with van der Waals surface area (Å²) in [5, 5.41) is 5.99. The number of nitrogens with zero attached hydrogens (tertiary/aromatic N) is 1. The van der Waals surface area contributed by atoms with Gasteiger partial charge in [0.1, 0.15) is 0 Å². The monoisotopic (exact) mass is 827 g/mol. The Bertz CT molecular complexity index is 1790. The van der Waals surface area contributed by atoms with Crippen molar-refractivity contribution in [2.24, 2.45) is 5.16 Å². The summed E-state index contributed by atoms with van der Waals surface area (Å²) in [6, 6.07) is 38.8. The normalized spacial score (nSPS) is 16.6. The molecule has 0 spiro atoms. The minimum atomic E-state index is -7.02. The molecule has 1 aliphatic rings. The fourth-order valence-electron chi connectivity index (χ4n) is 5.86. The van der Waals surface area contributed by atoms with Crippen molar-refractivity contribution in [2.75, 3.05) is 19.6 Å². The summed E-state index contributed by atoms with van der Waals surface area (Å²) in [6.45, 7) is 10.5. The van der Waals surface area contributed by atoms with E-state index in [1.807, 2.05) is 36.4 Å². The number of halogens is 3. The molecule has 0 aromatic heterocycles. The molecule has 0 saturated carbocycles. The van der Waals surface area contributed by atoms with Gasteiger partial charge in [-0.2, -0.15) is 0 Å². The molecule has 11 heteroatoms. The van der Waals surface area contributed by atoms with Crippen molar-refractivity contribution in [1.82, 2.24) is 5.48 Å². The average Bonchev–Trinajstić information content (AvgIpc) is 3.53. The molecular weight excluding hydrogens is 791 g/mol. The van der Waals surface area contributed by atoms with E-state index in [1.165, 1.54) is 19.6 Å². The number of nitrogens with one attached hydrogen (secondary N) is 2. The zero-order valence-corrected chi connectivity index (χ0v) is 32.3. The molecule has 1 aliphatic heterocycles. The molecule has 256 valence electrons. The summed E-state index contributed by atoms with van der Waals surface area (Å²) in [4.78, 5) is 15.3. The molecule has 5 aromatic carbocycles. The van der Waals surface area contributed by atoms with Crippen LogP contribution in [0.5, 0.6) is 0 Å². The second-order valence-corrected chi connectivity index (χ2v) is 26.6. The quantitative estimate of drug-likeness (QED) is 0.130. The Hall–Kier alpha value is -3.55. The third-order valence-corrected chi connectivity index (χ3v) is 26.3. The van der Waals surface area contributed by atoms with Gasteiger partial charge in [-0.25, -0.2) is 0 Å². The van der Waals surface area contributed by atoms with Crippen molar-refractivity contribution in [3.63, 3.8) is 0 Å². The van der Waals surface area contributed by atoms with Crippen molar-refractivity contribution in [2.45, 2.75) is 20.8 Å². The Labute approximate surface area is 302 Å². The predicted molar refractivity (Wildman–Crippen MR) is 202 cm³/mol.